The summed E-state index contributed by atoms with van der Waals surface area (Å²) in [5, 5.41) is 9.17. The molecule has 24 heavy (non-hydrogen) atoms. The van der Waals surface area contributed by atoms with E-state index in [0.717, 1.165) is 19.4 Å². The maximum atomic E-state index is 12.5. The molecule has 1 unspecified atom stereocenters. The van der Waals surface area contributed by atoms with E-state index in [1.165, 1.54) is 0 Å². The summed E-state index contributed by atoms with van der Waals surface area (Å²) >= 11 is 0. The molecule has 1 aromatic carbocycles. The summed E-state index contributed by atoms with van der Waals surface area (Å²) in [4.78, 5) is 25.3. The molecule has 0 aliphatic carbocycles. The normalized spacial score (nSPS) is 26.5. The first kappa shape index (κ1) is 16.8. The van der Waals surface area contributed by atoms with Gasteiger partial charge in [0.05, 0.1) is 12.0 Å². The molecular formula is C18H23NO5. The Morgan fingerprint density at radius 3 is 2.62 bits per heavy atom. The van der Waals surface area contributed by atoms with Gasteiger partial charge in [-0.3, -0.25) is 9.59 Å². The molecule has 0 bridgehead atoms. The third-order valence-electron chi connectivity index (χ3n) is 4.78. The number of ether oxygens (including phenoxy) is 2. The topological polar surface area (TPSA) is 76.1 Å². The highest BCUT2D eigenvalue weighted by atomic mass is 16.5. The number of nitrogens with zero attached hydrogens (tertiary/aromatic N) is 1. The smallest absolute Gasteiger partial charge is 0.308 e. The summed E-state index contributed by atoms with van der Waals surface area (Å²) < 4.78 is 11.2. The third kappa shape index (κ3) is 3.70. The molecule has 2 aliphatic heterocycles. The van der Waals surface area contributed by atoms with E-state index in [-0.39, 0.29) is 24.5 Å². The van der Waals surface area contributed by atoms with Crippen molar-refractivity contribution in [2.24, 2.45) is 11.8 Å². The molecule has 2 aliphatic rings. The second kappa shape index (κ2) is 7.21. The minimum Gasteiger partial charge on any atom is -0.491 e. The van der Waals surface area contributed by atoms with Crippen LogP contribution in [0.4, 0.5) is 0 Å². The van der Waals surface area contributed by atoms with Gasteiger partial charge in [0.25, 0.3) is 5.91 Å². The van der Waals surface area contributed by atoms with Crippen LogP contribution >= 0.6 is 0 Å². The lowest BCUT2D eigenvalue weighted by Crippen LogP contribution is -2.29. The number of amides is 1. The van der Waals surface area contributed by atoms with Crippen molar-refractivity contribution in [3.63, 3.8) is 0 Å². The van der Waals surface area contributed by atoms with Crippen molar-refractivity contribution in [1.82, 2.24) is 4.90 Å². The first-order valence-electron chi connectivity index (χ1n) is 8.41. The molecule has 2 fully saturated rings. The van der Waals surface area contributed by atoms with Gasteiger partial charge < -0.3 is 19.5 Å². The molecule has 1 N–H and O–H groups in total. The van der Waals surface area contributed by atoms with Crippen molar-refractivity contribution in [2.75, 3.05) is 26.3 Å². The Bertz CT molecular complexity index is 594. The number of carboxylic acids is 1. The Morgan fingerprint density at radius 1 is 1.29 bits per heavy atom. The summed E-state index contributed by atoms with van der Waals surface area (Å²) in [6.07, 6.45) is 2.26. The number of carbonyl (C=O) groups is 2. The van der Waals surface area contributed by atoms with Crippen LogP contribution in [-0.4, -0.2) is 54.3 Å². The van der Waals surface area contributed by atoms with Gasteiger partial charge in [0.1, 0.15) is 12.4 Å². The molecule has 1 aromatic rings. The van der Waals surface area contributed by atoms with E-state index in [1.807, 2.05) is 6.92 Å². The highest BCUT2D eigenvalue weighted by Gasteiger charge is 2.37. The molecule has 6 nitrogen and oxygen atoms in total. The zero-order valence-electron chi connectivity index (χ0n) is 13.8. The molecule has 0 radical (unpaired) electrons. The predicted octanol–water partition coefficient (Wildman–Crippen LogP) is 2.04. The van der Waals surface area contributed by atoms with E-state index >= 15 is 0 Å². The fourth-order valence-electron chi connectivity index (χ4n) is 3.30. The second-order valence-corrected chi connectivity index (χ2v) is 6.60. The van der Waals surface area contributed by atoms with Gasteiger partial charge in [-0.05, 0) is 43.0 Å². The molecular weight excluding hydrogens is 310 g/mol. The Balaban J connectivity index is 1.56. The van der Waals surface area contributed by atoms with Gasteiger partial charge >= 0.3 is 5.97 Å². The highest BCUT2D eigenvalue weighted by Crippen LogP contribution is 2.25. The van der Waals surface area contributed by atoms with E-state index in [4.69, 9.17) is 9.47 Å². The quantitative estimate of drug-likeness (QED) is 0.892. The first-order chi connectivity index (χ1) is 11.5. The van der Waals surface area contributed by atoms with Crippen molar-refractivity contribution in [1.29, 1.82) is 0 Å². The highest BCUT2D eigenvalue weighted by molar-refractivity contribution is 5.95. The summed E-state index contributed by atoms with van der Waals surface area (Å²) in [5.41, 5.74) is 0.553. The zero-order valence-corrected chi connectivity index (χ0v) is 13.8. The summed E-state index contributed by atoms with van der Waals surface area (Å²) in [6, 6.07) is 7.00. The van der Waals surface area contributed by atoms with E-state index in [2.05, 4.69) is 0 Å². The molecule has 3 rings (SSSR count). The fraction of sp³-hybridized carbons (Fsp3) is 0.556. The minimum atomic E-state index is -0.837. The average Bonchev–Trinajstić information content (AvgIpc) is 3.22. The van der Waals surface area contributed by atoms with Gasteiger partial charge in [-0.2, -0.15) is 0 Å². The van der Waals surface area contributed by atoms with Crippen LogP contribution in [0.3, 0.4) is 0 Å². The first-order valence-corrected chi connectivity index (χ1v) is 8.41. The van der Waals surface area contributed by atoms with Crippen LogP contribution < -0.4 is 4.74 Å². The Kier molecular flexibility index (Phi) is 5.04. The Morgan fingerprint density at radius 2 is 2.04 bits per heavy atom. The van der Waals surface area contributed by atoms with Gasteiger partial charge in [-0.25, -0.2) is 0 Å². The predicted molar refractivity (Wildman–Crippen MR) is 87.1 cm³/mol. The molecule has 0 spiro atoms. The van der Waals surface area contributed by atoms with Crippen LogP contribution in [0.15, 0.2) is 24.3 Å². The molecule has 2 saturated heterocycles. The van der Waals surface area contributed by atoms with Crippen LogP contribution in [0.1, 0.15) is 30.1 Å². The molecule has 3 atom stereocenters. The minimum absolute atomic E-state index is 0.0273. The van der Waals surface area contributed by atoms with Crippen molar-refractivity contribution in [2.45, 2.75) is 25.9 Å². The standard InChI is InChI=1S/C18H23NO5/c1-12-9-19(10-16(12)18(21)22)17(20)13-4-6-14(7-5-13)24-11-15-3-2-8-23-15/h4-7,12,15-16H,2-3,8-11H2,1H3,(H,21,22)/t12-,15?,16-/m1/s1. The monoisotopic (exact) mass is 333 g/mol. The third-order valence-corrected chi connectivity index (χ3v) is 4.78. The van der Waals surface area contributed by atoms with Crippen molar-refractivity contribution < 1.29 is 24.2 Å². The van der Waals surface area contributed by atoms with E-state index in [0.29, 0.717) is 24.5 Å². The van der Waals surface area contributed by atoms with Gasteiger partial charge in [0.15, 0.2) is 0 Å². The van der Waals surface area contributed by atoms with Crippen molar-refractivity contribution >= 4 is 11.9 Å². The lowest BCUT2D eigenvalue weighted by atomic mass is 9.99. The molecule has 6 heteroatoms. The number of rotatable bonds is 5. The maximum Gasteiger partial charge on any atom is 0.308 e. The number of carbonyl (C=O) groups excluding carboxylic acids is 1. The SMILES string of the molecule is C[C@@H]1CN(C(=O)c2ccc(OCC3CCCO3)cc2)C[C@H]1C(=O)O. The van der Waals surface area contributed by atoms with E-state index < -0.39 is 11.9 Å². The maximum absolute atomic E-state index is 12.5. The van der Waals surface area contributed by atoms with Crippen LogP contribution in [0.2, 0.25) is 0 Å². The van der Waals surface area contributed by atoms with Crippen LogP contribution in [-0.2, 0) is 9.53 Å². The summed E-state index contributed by atoms with van der Waals surface area (Å²) in [5.74, 6) is -0.768. The van der Waals surface area contributed by atoms with Gasteiger partial charge in [0, 0.05) is 25.3 Å². The largest absolute Gasteiger partial charge is 0.491 e. The lowest BCUT2D eigenvalue weighted by Gasteiger charge is -2.16. The van der Waals surface area contributed by atoms with E-state index in [9.17, 15) is 14.7 Å². The van der Waals surface area contributed by atoms with E-state index in [1.54, 1.807) is 29.2 Å². The lowest BCUT2D eigenvalue weighted by molar-refractivity contribution is -0.142. The molecule has 0 saturated carbocycles. The molecule has 2 heterocycles. The molecule has 1 amide bonds. The average molecular weight is 333 g/mol. The Hall–Kier alpha value is -2.08. The Labute approximate surface area is 141 Å². The number of aliphatic carboxylic acids is 1. The van der Waals surface area contributed by atoms with Crippen molar-refractivity contribution in [3.8, 4) is 5.75 Å². The van der Waals surface area contributed by atoms with Gasteiger partial charge in [-0.1, -0.05) is 6.92 Å². The van der Waals surface area contributed by atoms with Gasteiger partial charge in [0.2, 0.25) is 0 Å². The zero-order chi connectivity index (χ0) is 17.1. The number of benzene rings is 1. The fourth-order valence-corrected chi connectivity index (χ4v) is 3.30. The molecule has 130 valence electrons. The molecule has 0 aromatic heterocycles. The van der Waals surface area contributed by atoms with Crippen LogP contribution in [0.25, 0.3) is 0 Å². The number of likely N-dealkylation sites (tertiary alicyclic amines) is 1. The second-order valence-electron chi connectivity index (χ2n) is 6.60. The summed E-state index contributed by atoms with van der Waals surface area (Å²) in [7, 11) is 0. The number of hydrogen-bond acceptors (Lipinski definition) is 4. The van der Waals surface area contributed by atoms with Crippen molar-refractivity contribution in [3.05, 3.63) is 29.8 Å². The number of carboxylic acid groups (broad SMARTS) is 1. The number of hydrogen-bond donors (Lipinski definition) is 1. The van der Waals surface area contributed by atoms with Gasteiger partial charge in [-0.15, -0.1) is 0 Å². The van der Waals surface area contributed by atoms with Crippen LogP contribution in [0, 0.1) is 11.8 Å². The summed E-state index contributed by atoms with van der Waals surface area (Å²) in [6.45, 7) is 3.94. The van der Waals surface area contributed by atoms with Crippen LogP contribution in [0.5, 0.6) is 5.75 Å².